The highest BCUT2D eigenvalue weighted by Crippen LogP contribution is 2.34. The Hall–Kier alpha value is -2.40. The molecule has 0 amide bonds. The van der Waals surface area contributed by atoms with Crippen LogP contribution in [-0.2, 0) is 6.42 Å². The van der Waals surface area contributed by atoms with E-state index in [0.29, 0.717) is 15.6 Å². The Morgan fingerprint density at radius 3 is 2.92 bits per heavy atom. The molecule has 0 unspecified atom stereocenters. The summed E-state index contributed by atoms with van der Waals surface area (Å²) in [7, 11) is 0. The molecule has 1 saturated carbocycles. The van der Waals surface area contributed by atoms with Crippen molar-refractivity contribution < 1.29 is 4.92 Å². The number of aryl methyl sites for hydroxylation is 1. The fraction of sp³-hybridized carbons (Fsp3) is 0.438. The molecule has 3 rings (SSSR count). The van der Waals surface area contributed by atoms with Gasteiger partial charge in [0.1, 0.15) is 5.82 Å². The van der Waals surface area contributed by atoms with E-state index in [1.54, 1.807) is 0 Å². The zero-order valence-electron chi connectivity index (χ0n) is 13.1. The minimum absolute atomic E-state index is 0.0451. The Labute approximate surface area is 143 Å². The van der Waals surface area contributed by atoms with Crippen LogP contribution in [0.3, 0.4) is 0 Å². The molecule has 1 aliphatic carbocycles. The van der Waals surface area contributed by atoms with Crippen molar-refractivity contribution in [2.45, 2.75) is 48.6 Å². The second kappa shape index (κ2) is 7.45. The van der Waals surface area contributed by atoms with Gasteiger partial charge in [0.05, 0.1) is 21.5 Å². The van der Waals surface area contributed by atoms with E-state index in [9.17, 15) is 10.1 Å². The lowest BCUT2D eigenvalue weighted by molar-refractivity contribution is -0.387. The molecule has 7 nitrogen and oxygen atoms in total. The molecule has 1 aromatic carbocycles. The van der Waals surface area contributed by atoms with Gasteiger partial charge in [0.2, 0.25) is 5.16 Å². The molecule has 0 aliphatic heterocycles. The van der Waals surface area contributed by atoms with Crippen LogP contribution in [0.4, 0.5) is 5.69 Å². The summed E-state index contributed by atoms with van der Waals surface area (Å²) >= 11 is 1.10. The molecule has 24 heavy (non-hydrogen) atoms. The normalized spacial score (nSPS) is 14.6. The molecule has 0 radical (unpaired) electrons. The van der Waals surface area contributed by atoms with E-state index in [1.165, 1.54) is 43.9 Å². The van der Waals surface area contributed by atoms with Crippen LogP contribution in [0.5, 0.6) is 0 Å². The number of nitrogens with one attached hydrogen (secondary N) is 1. The maximum atomic E-state index is 11.1. The second-order valence-electron chi connectivity index (χ2n) is 5.91. The molecular weight excluding hydrogens is 326 g/mol. The lowest BCUT2D eigenvalue weighted by Gasteiger charge is -2.05. The number of hydrogen-bond donors (Lipinski definition) is 1. The summed E-state index contributed by atoms with van der Waals surface area (Å²) in [6, 6.07) is 6.27. The number of H-pyrrole nitrogens is 1. The highest BCUT2D eigenvalue weighted by atomic mass is 32.2. The van der Waals surface area contributed by atoms with Gasteiger partial charge in [-0.05, 0) is 36.2 Å². The highest BCUT2D eigenvalue weighted by molar-refractivity contribution is 7.99. The molecule has 0 atom stereocenters. The van der Waals surface area contributed by atoms with Gasteiger partial charge >= 0.3 is 0 Å². The maximum absolute atomic E-state index is 11.1. The van der Waals surface area contributed by atoms with Crippen molar-refractivity contribution >= 4 is 17.4 Å². The zero-order valence-corrected chi connectivity index (χ0v) is 13.9. The van der Waals surface area contributed by atoms with Crippen LogP contribution >= 0.6 is 11.8 Å². The van der Waals surface area contributed by atoms with Crippen molar-refractivity contribution in [1.82, 2.24) is 15.2 Å². The molecule has 1 heterocycles. The molecule has 0 saturated heterocycles. The molecule has 0 spiro atoms. The number of nitro groups is 1. The number of aromatic nitrogens is 3. The first-order chi connectivity index (χ1) is 11.7. The standard InChI is InChI=1S/C16H17N5O2S/c17-10-12-5-7-13(21(22)23)14(9-12)24-16-18-15(19-20-16)8-6-11-3-1-2-4-11/h5,7,9,11H,1-4,6,8H2,(H,18,19,20). The Morgan fingerprint density at radius 1 is 1.42 bits per heavy atom. The van der Waals surface area contributed by atoms with Crippen LogP contribution in [0, 0.1) is 27.4 Å². The molecule has 124 valence electrons. The summed E-state index contributed by atoms with van der Waals surface area (Å²) in [5.74, 6) is 1.59. The smallest absolute Gasteiger partial charge is 0.262 e. The summed E-state index contributed by atoms with van der Waals surface area (Å²) in [4.78, 5) is 15.5. The van der Waals surface area contributed by atoms with Gasteiger partial charge in [0.25, 0.3) is 5.69 Å². The van der Waals surface area contributed by atoms with E-state index in [0.717, 1.165) is 36.3 Å². The Morgan fingerprint density at radius 2 is 2.21 bits per heavy atom. The summed E-state index contributed by atoms with van der Waals surface area (Å²) in [5.41, 5.74) is 0.330. The summed E-state index contributed by atoms with van der Waals surface area (Å²) in [6.07, 6.45) is 7.18. The molecule has 0 bridgehead atoms. The van der Waals surface area contributed by atoms with E-state index in [4.69, 9.17) is 5.26 Å². The minimum Gasteiger partial charge on any atom is -0.262 e. The first kappa shape index (κ1) is 16.5. The average molecular weight is 343 g/mol. The fourth-order valence-electron chi connectivity index (χ4n) is 2.99. The van der Waals surface area contributed by atoms with Crippen LogP contribution in [0.15, 0.2) is 28.3 Å². The van der Waals surface area contributed by atoms with Gasteiger partial charge in [-0.15, -0.1) is 5.10 Å². The van der Waals surface area contributed by atoms with Gasteiger partial charge in [0, 0.05) is 12.5 Å². The van der Waals surface area contributed by atoms with Gasteiger partial charge < -0.3 is 0 Å². The monoisotopic (exact) mass is 343 g/mol. The molecule has 1 fully saturated rings. The Kier molecular flexibility index (Phi) is 5.11. The SMILES string of the molecule is N#Cc1ccc([N+](=O)[O-])c(Sc2n[nH]c(CCC3CCCC3)n2)c1. The topological polar surface area (TPSA) is 108 Å². The third-order valence-corrected chi connectivity index (χ3v) is 5.17. The lowest BCUT2D eigenvalue weighted by atomic mass is 10.0. The molecule has 8 heteroatoms. The summed E-state index contributed by atoms with van der Waals surface area (Å²) in [5, 5.41) is 27.6. The van der Waals surface area contributed by atoms with Gasteiger partial charge in [-0.25, -0.2) is 4.98 Å². The van der Waals surface area contributed by atoms with Crippen LogP contribution in [0.25, 0.3) is 0 Å². The maximum Gasteiger partial charge on any atom is 0.283 e. The van der Waals surface area contributed by atoms with E-state index in [-0.39, 0.29) is 5.69 Å². The molecule has 2 aromatic rings. The van der Waals surface area contributed by atoms with E-state index < -0.39 is 4.92 Å². The number of rotatable bonds is 6. The van der Waals surface area contributed by atoms with Crippen molar-refractivity contribution in [2.75, 3.05) is 0 Å². The molecular formula is C16H17N5O2S. The summed E-state index contributed by atoms with van der Waals surface area (Å²) in [6.45, 7) is 0. The van der Waals surface area contributed by atoms with E-state index in [2.05, 4.69) is 15.2 Å². The van der Waals surface area contributed by atoms with Crippen LogP contribution in [0.1, 0.15) is 43.5 Å². The molecule has 1 aliphatic rings. The lowest BCUT2D eigenvalue weighted by Crippen LogP contribution is -1.97. The van der Waals surface area contributed by atoms with Crippen LogP contribution in [0.2, 0.25) is 0 Å². The van der Waals surface area contributed by atoms with Crippen molar-refractivity contribution in [3.05, 3.63) is 39.7 Å². The van der Waals surface area contributed by atoms with E-state index >= 15 is 0 Å². The van der Waals surface area contributed by atoms with E-state index in [1.807, 2.05) is 6.07 Å². The number of benzene rings is 1. The molecule has 1 aromatic heterocycles. The largest absolute Gasteiger partial charge is 0.283 e. The third-order valence-electron chi connectivity index (χ3n) is 4.26. The third kappa shape index (κ3) is 3.92. The van der Waals surface area contributed by atoms with Gasteiger partial charge in [-0.3, -0.25) is 15.2 Å². The Bertz CT molecular complexity index is 777. The predicted octanol–water partition coefficient (Wildman–Crippen LogP) is 3.86. The van der Waals surface area contributed by atoms with Crippen LogP contribution < -0.4 is 0 Å². The van der Waals surface area contributed by atoms with Crippen molar-refractivity contribution in [1.29, 1.82) is 5.26 Å². The Balaban J connectivity index is 1.70. The van der Waals surface area contributed by atoms with Crippen molar-refractivity contribution in [3.8, 4) is 6.07 Å². The van der Waals surface area contributed by atoms with Crippen molar-refractivity contribution in [3.63, 3.8) is 0 Å². The van der Waals surface area contributed by atoms with Gasteiger partial charge in [-0.2, -0.15) is 5.26 Å². The number of hydrogen-bond acceptors (Lipinski definition) is 6. The first-order valence-corrected chi connectivity index (χ1v) is 8.75. The summed E-state index contributed by atoms with van der Waals surface area (Å²) < 4.78 is 0. The zero-order chi connectivity index (χ0) is 16.9. The number of aromatic amines is 1. The minimum atomic E-state index is -0.461. The number of nitro benzene ring substituents is 1. The predicted molar refractivity (Wildman–Crippen MR) is 88.6 cm³/mol. The fourth-order valence-corrected chi connectivity index (χ4v) is 3.87. The average Bonchev–Trinajstić information content (AvgIpc) is 3.24. The number of nitrogens with zero attached hydrogens (tertiary/aromatic N) is 4. The van der Waals surface area contributed by atoms with Gasteiger partial charge in [-0.1, -0.05) is 25.7 Å². The van der Waals surface area contributed by atoms with Crippen molar-refractivity contribution in [2.24, 2.45) is 5.92 Å². The van der Waals surface area contributed by atoms with Crippen LogP contribution in [-0.4, -0.2) is 20.1 Å². The van der Waals surface area contributed by atoms with Gasteiger partial charge in [0.15, 0.2) is 0 Å². The quantitative estimate of drug-likeness (QED) is 0.630. The molecule has 1 N–H and O–H groups in total. The number of nitriles is 1. The second-order valence-corrected chi connectivity index (χ2v) is 6.92. The first-order valence-electron chi connectivity index (χ1n) is 7.93. The highest BCUT2D eigenvalue weighted by Gasteiger charge is 2.19.